The number of carbonyl (C=O) groups is 1. The number of aryl methyl sites for hydroxylation is 1. The first-order valence-corrected chi connectivity index (χ1v) is 13.0. The third kappa shape index (κ3) is 5.70. The summed E-state index contributed by atoms with van der Waals surface area (Å²) in [6, 6.07) is 4.43. The first-order chi connectivity index (χ1) is 19.9. The summed E-state index contributed by atoms with van der Waals surface area (Å²) in [4.78, 5) is 33.1. The van der Waals surface area contributed by atoms with Crippen molar-refractivity contribution in [3.8, 4) is 11.3 Å². The zero-order chi connectivity index (χ0) is 30.2. The van der Waals surface area contributed by atoms with E-state index in [2.05, 4.69) is 20.2 Å². The lowest BCUT2D eigenvalue weighted by Crippen LogP contribution is -2.31. The van der Waals surface area contributed by atoms with Gasteiger partial charge in [-0.25, -0.2) is 4.68 Å². The molecule has 4 heterocycles. The van der Waals surface area contributed by atoms with Gasteiger partial charge >= 0.3 is 12.4 Å². The number of halogens is 6. The van der Waals surface area contributed by atoms with Crippen molar-refractivity contribution in [2.24, 2.45) is 7.05 Å². The molecule has 14 heteroatoms. The Balaban J connectivity index is 1.54. The van der Waals surface area contributed by atoms with Crippen LogP contribution in [-0.2, 0) is 25.9 Å². The Hall–Kier alpha value is -4.36. The second-order valence-corrected chi connectivity index (χ2v) is 10.1. The number of hydrogen-bond donors (Lipinski definition) is 0. The van der Waals surface area contributed by atoms with E-state index in [-0.39, 0.29) is 28.1 Å². The molecule has 0 spiro atoms. The molecule has 1 aliphatic rings. The summed E-state index contributed by atoms with van der Waals surface area (Å²) in [6.07, 6.45) is -2.48. The Kier molecular flexibility index (Phi) is 7.73. The smallest absolute Gasteiger partial charge is 0.296 e. The van der Waals surface area contributed by atoms with E-state index in [1.54, 1.807) is 0 Å². The average Bonchev–Trinajstić information content (AvgIpc) is 3.33. The van der Waals surface area contributed by atoms with Gasteiger partial charge in [-0.1, -0.05) is 0 Å². The van der Waals surface area contributed by atoms with Crippen LogP contribution in [0.15, 0.2) is 53.8 Å². The van der Waals surface area contributed by atoms with Gasteiger partial charge in [-0.3, -0.25) is 24.2 Å². The minimum Gasteiger partial charge on any atom is -0.296 e. The van der Waals surface area contributed by atoms with Gasteiger partial charge < -0.3 is 0 Å². The number of carbonyl (C=O) groups excluding carboxylic acids is 1. The quantitative estimate of drug-likeness (QED) is 0.209. The Morgan fingerprint density at radius 3 is 2.24 bits per heavy atom. The van der Waals surface area contributed by atoms with Gasteiger partial charge in [0.05, 0.1) is 40.8 Å². The zero-order valence-electron chi connectivity index (χ0n) is 22.2. The molecule has 1 fully saturated rings. The largest absolute Gasteiger partial charge is 0.418 e. The fourth-order valence-corrected chi connectivity index (χ4v) is 5.55. The van der Waals surface area contributed by atoms with Crippen molar-refractivity contribution in [3.63, 3.8) is 0 Å². The van der Waals surface area contributed by atoms with E-state index in [0.717, 1.165) is 29.1 Å². The Bertz CT molecular complexity index is 1670. The predicted molar refractivity (Wildman–Crippen MR) is 138 cm³/mol. The molecule has 0 aromatic carbocycles. The van der Waals surface area contributed by atoms with Gasteiger partial charge in [-0.2, -0.15) is 36.5 Å². The number of hydrogen-bond acceptors (Lipinski definition) is 6. The van der Waals surface area contributed by atoms with Crippen molar-refractivity contribution in [1.29, 1.82) is 0 Å². The highest BCUT2D eigenvalue weighted by atomic mass is 19.4. The third-order valence-corrected chi connectivity index (χ3v) is 7.63. The number of rotatable bonds is 6. The summed E-state index contributed by atoms with van der Waals surface area (Å²) in [6.45, 7) is -0.591. The molecule has 0 bridgehead atoms. The number of nitrogens with zero attached hydrogens (tertiary/aromatic N) is 6. The molecule has 4 aromatic heterocycles. The van der Waals surface area contributed by atoms with Gasteiger partial charge in [0, 0.05) is 31.2 Å². The second-order valence-electron chi connectivity index (χ2n) is 10.1. The van der Waals surface area contributed by atoms with E-state index in [1.165, 1.54) is 36.4 Å². The lowest BCUT2D eigenvalue weighted by molar-refractivity contribution is -0.139. The number of aromatic nitrogens is 6. The van der Waals surface area contributed by atoms with E-state index in [4.69, 9.17) is 0 Å². The molecule has 1 aliphatic carbocycles. The maximum Gasteiger partial charge on any atom is 0.418 e. The SMILES string of the molecule is Cn1ncc(-c2cc(C3CCC(c4cnccc4C(F)(F)F)CC3)c(=O)n(Cc3ncccc3C(F)(F)F)n2)c1C=O. The van der Waals surface area contributed by atoms with Crippen molar-refractivity contribution in [3.05, 3.63) is 93.0 Å². The van der Waals surface area contributed by atoms with Crippen LogP contribution in [0, 0.1) is 0 Å². The summed E-state index contributed by atoms with van der Waals surface area (Å²) in [5.74, 6) is -0.840. The Morgan fingerprint density at radius 2 is 1.60 bits per heavy atom. The lowest BCUT2D eigenvalue weighted by Gasteiger charge is -2.30. The lowest BCUT2D eigenvalue weighted by atomic mass is 9.75. The summed E-state index contributed by atoms with van der Waals surface area (Å²) in [5, 5.41) is 8.35. The van der Waals surface area contributed by atoms with Crippen molar-refractivity contribution >= 4 is 6.29 Å². The normalized spacial score (nSPS) is 17.8. The maximum absolute atomic E-state index is 13.7. The highest BCUT2D eigenvalue weighted by molar-refractivity contribution is 5.84. The van der Waals surface area contributed by atoms with Gasteiger partial charge in [-0.05, 0) is 67.3 Å². The first kappa shape index (κ1) is 29.1. The van der Waals surface area contributed by atoms with E-state index in [1.807, 2.05) is 0 Å². The van der Waals surface area contributed by atoms with Gasteiger partial charge in [0.15, 0.2) is 6.29 Å². The molecule has 0 radical (unpaired) electrons. The molecular weight excluding hydrogens is 566 g/mol. The van der Waals surface area contributed by atoms with E-state index < -0.39 is 53.1 Å². The standard InChI is InChI=1S/C28H24F6N6O2/c1-39-25(15-41)20(13-37-39)23-11-18(26(42)40(38-23)14-24-22(28(32,33)34)3-2-9-36-24)16-4-6-17(7-5-16)19-12-35-10-8-21(19)27(29,30)31/h2-3,8-13,15-17H,4-7,14H2,1H3. The van der Waals surface area contributed by atoms with Crippen LogP contribution in [0.5, 0.6) is 0 Å². The number of pyridine rings is 2. The minimum atomic E-state index is -4.72. The van der Waals surface area contributed by atoms with Crippen LogP contribution in [0.3, 0.4) is 0 Å². The summed E-state index contributed by atoms with van der Waals surface area (Å²) in [7, 11) is 1.53. The second kappa shape index (κ2) is 11.1. The molecule has 0 saturated heterocycles. The molecule has 5 rings (SSSR count). The van der Waals surface area contributed by atoms with Crippen LogP contribution in [0.25, 0.3) is 11.3 Å². The highest BCUT2D eigenvalue weighted by Gasteiger charge is 2.37. The van der Waals surface area contributed by atoms with Gasteiger partial charge in [0.2, 0.25) is 0 Å². The highest BCUT2D eigenvalue weighted by Crippen LogP contribution is 2.44. The van der Waals surface area contributed by atoms with Crippen LogP contribution >= 0.6 is 0 Å². The molecule has 0 unspecified atom stereocenters. The fourth-order valence-electron chi connectivity index (χ4n) is 5.55. The summed E-state index contributed by atoms with van der Waals surface area (Å²) in [5.41, 5.74) is -1.91. The van der Waals surface area contributed by atoms with Gasteiger partial charge in [-0.15, -0.1) is 0 Å². The van der Waals surface area contributed by atoms with Crippen molar-refractivity contribution in [2.45, 2.75) is 56.4 Å². The molecule has 220 valence electrons. The molecule has 42 heavy (non-hydrogen) atoms. The Morgan fingerprint density at radius 1 is 0.929 bits per heavy atom. The summed E-state index contributed by atoms with van der Waals surface area (Å²) >= 11 is 0. The molecule has 0 aliphatic heterocycles. The molecule has 0 N–H and O–H groups in total. The van der Waals surface area contributed by atoms with Crippen LogP contribution in [0.1, 0.15) is 76.0 Å². The molecule has 1 saturated carbocycles. The molecule has 0 atom stereocenters. The first-order valence-electron chi connectivity index (χ1n) is 13.0. The van der Waals surface area contributed by atoms with Crippen LogP contribution < -0.4 is 5.56 Å². The summed E-state index contributed by atoms with van der Waals surface area (Å²) < 4.78 is 84.0. The van der Waals surface area contributed by atoms with Crippen molar-refractivity contribution < 1.29 is 31.1 Å². The van der Waals surface area contributed by atoms with Crippen LogP contribution in [0.4, 0.5) is 26.3 Å². The van der Waals surface area contributed by atoms with E-state index in [9.17, 15) is 35.9 Å². The maximum atomic E-state index is 13.7. The van der Waals surface area contributed by atoms with Gasteiger partial charge in [0.1, 0.15) is 5.69 Å². The van der Waals surface area contributed by atoms with E-state index in [0.29, 0.717) is 32.0 Å². The molecule has 0 amide bonds. The fraction of sp³-hybridized carbons (Fsp3) is 0.357. The zero-order valence-corrected chi connectivity index (χ0v) is 22.2. The molecule has 8 nitrogen and oxygen atoms in total. The number of aldehydes is 1. The van der Waals surface area contributed by atoms with Crippen molar-refractivity contribution in [2.75, 3.05) is 0 Å². The minimum absolute atomic E-state index is 0.0945. The van der Waals surface area contributed by atoms with Crippen molar-refractivity contribution in [1.82, 2.24) is 29.5 Å². The van der Waals surface area contributed by atoms with E-state index >= 15 is 0 Å². The molecular formula is C28H24F6N6O2. The Labute approximate surface area is 235 Å². The van der Waals surface area contributed by atoms with Crippen LogP contribution in [-0.4, -0.2) is 35.8 Å². The monoisotopic (exact) mass is 590 g/mol. The molecule has 4 aromatic rings. The number of alkyl halides is 6. The van der Waals surface area contributed by atoms with Crippen LogP contribution in [0.2, 0.25) is 0 Å². The van der Waals surface area contributed by atoms with Gasteiger partial charge in [0.25, 0.3) is 5.56 Å². The average molecular weight is 591 g/mol. The predicted octanol–water partition coefficient (Wildman–Crippen LogP) is 5.77. The topological polar surface area (TPSA) is 95.6 Å². The third-order valence-electron chi connectivity index (χ3n) is 7.63.